The molecule has 0 aliphatic heterocycles. The van der Waals surface area contributed by atoms with Gasteiger partial charge in [0.05, 0.1) is 19.9 Å². The van der Waals surface area contributed by atoms with Crippen molar-refractivity contribution in [2.75, 3.05) is 33.2 Å². The van der Waals surface area contributed by atoms with Gasteiger partial charge in [0.2, 0.25) is 0 Å². The molecule has 0 radical (unpaired) electrons. The number of para-hydroxylation sites is 1. The molecule has 1 rings (SSSR count). The minimum Gasteiger partial charge on any atom is -0.494 e. The molecule has 0 spiro atoms. The average molecular weight is 291 g/mol. The van der Waals surface area contributed by atoms with Crippen molar-refractivity contribution in [1.29, 1.82) is 0 Å². The van der Waals surface area contributed by atoms with Gasteiger partial charge in [-0.05, 0) is 18.2 Å². The Morgan fingerprint density at radius 1 is 1.24 bits per heavy atom. The molecule has 7 nitrogen and oxygen atoms in total. The number of benzene rings is 1. The molecular weight excluding hydrogens is 270 g/mol. The van der Waals surface area contributed by atoms with Gasteiger partial charge in [-0.3, -0.25) is 4.99 Å². The van der Waals surface area contributed by atoms with Gasteiger partial charge in [0, 0.05) is 20.3 Å². The lowest BCUT2D eigenvalue weighted by atomic mass is 10.2. The van der Waals surface area contributed by atoms with Crippen molar-refractivity contribution in [2.45, 2.75) is 0 Å². The number of methoxy groups -OCH3 is 2. The molecule has 4 N–H and O–H groups in total. The summed E-state index contributed by atoms with van der Waals surface area (Å²) in [4.78, 5) is 5.55. The van der Waals surface area contributed by atoms with Gasteiger partial charge in [-0.2, -0.15) is 5.10 Å². The maximum atomic E-state index is 5.97. The summed E-state index contributed by atoms with van der Waals surface area (Å²) in [7, 11) is 6.58. The fourth-order valence-corrected chi connectivity index (χ4v) is 1.85. The molecule has 114 valence electrons. The van der Waals surface area contributed by atoms with Gasteiger partial charge in [0.15, 0.2) is 5.84 Å². The van der Waals surface area contributed by atoms with Gasteiger partial charge >= 0.3 is 0 Å². The molecule has 0 aliphatic rings. The smallest absolute Gasteiger partial charge is 0.175 e. The first-order valence-corrected chi connectivity index (χ1v) is 6.21. The molecule has 1 aromatic rings. The number of hydrazone groups is 1. The molecular formula is C14H21N5O2. The Morgan fingerprint density at radius 2 is 1.81 bits per heavy atom. The third-order valence-electron chi connectivity index (χ3n) is 2.84. The largest absolute Gasteiger partial charge is 0.494 e. The molecule has 21 heavy (non-hydrogen) atoms. The van der Waals surface area contributed by atoms with Gasteiger partial charge in [0.25, 0.3) is 0 Å². The Bertz CT molecular complexity index is 544. The molecule has 0 fully saturated rings. The van der Waals surface area contributed by atoms with E-state index in [-0.39, 0.29) is 0 Å². The fourth-order valence-electron chi connectivity index (χ4n) is 1.85. The summed E-state index contributed by atoms with van der Waals surface area (Å²) in [5.41, 5.74) is 7.02. The highest BCUT2D eigenvalue weighted by Crippen LogP contribution is 2.37. The van der Waals surface area contributed by atoms with Crippen LogP contribution in [0.15, 0.2) is 40.1 Å². The normalized spacial score (nSPS) is 12.6. The van der Waals surface area contributed by atoms with Crippen molar-refractivity contribution >= 4 is 17.7 Å². The van der Waals surface area contributed by atoms with E-state index in [1.807, 2.05) is 18.2 Å². The highest BCUT2D eigenvalue weighted by atomic mass is 16.5. The number of nitrogens with zero attached hydrogens (tertiary/aromatic N) is 3. The van der Waals surface area contributed by atoms with Crippen molar-refractivity contribution in [3.05, 3.63) is 30.0 Å². The Labute approximate surface area is 124 Å². The third-order valence-corrected chi connectivity index (χ3v) is 2.84. The Kier molecular flexibility index (Phi) is 6.06. The van der Waals surface area contributed by atoms with Crippen molar-refractivity contribution in [1.82, 2.24) is 0 Å². The Balaban J connectivity index is 3.32. The molecule has 7 heteroatoms. The predicted molar refractivity (Wildman–Crippen MR) is 86.3 cm³/mol. The lowest BCUT2D eigenvalue weighted by Crippen LogP contribution is -2.33. The molecule has 0 unspecified atom stereocenters. The summed E-state index contributed by atoms with van der Waals surface area (Å²) in [5, 5.41) is 3.74. The van der Waals surface area contributed by atoms with Crippen molar-refractivity contribution in [2.24, 2.45) is 21.7 Å². The monoisotopic (exact) mass is 291 g/mol. The lowest BCUT2D eigenvalue weighted by Gasteiger charge is -2.24. The van der Waals surface area contributed by atoms with Crippen molar-refractivity contribution < 1.29 is 9.47 Å². The van der Waals surface area contributed by atoms with Crippen LogP contribution in [0, 0.1) is 0 Å². The second-order valence-electron chi connectivity index (χ2n) is 4.05. The van der Waals surface area contributed by atoms with E-state index in [4.69, 9.17) is 21.1 Å². The van der Waals surface area contributed by atoms with E-state index >= 15 is 0 Å². The number of ether oxygens (including phenoxy) is 2. The first-order chi connectivity index (χ1) is 10.1. The first kappa shape index (κ1) is 16.4. The molecule has 0 saturated carbocycles. The summed E-state index contributed by atoms with van der Waals surface area (Å²) >= 11 is 0. The van der Waals surface area contributed by atoms with Crippen LogP contribution in [0.5, 0.6) is 11.5 Å². The second kappa shape index (κ2) is 7.78. The van der Waals surface area contributed by atoms with Crippen LogP contribution in [0.1, 0.15) is 0 Å². The number of hydrogen-bond acceptors (Lipinski definition) is 6. The molecule has 0 aliphatic carbocycles. The second-order valence-corrected chi connectivity index (χ2v) is 4.05. The molecule has 0 aromatic heterocycles. The van der Waals surface area contributed by atoms with Crippen LogP contribution >= 0.6 is 0 Å². The molecule has 0 amide bonds. The van der Waals surface area contributed by atoms with Gasteiger partial charge in [0.1, 0.15) is 17.2 Å². The highest BCUT2D eigenvalue weighted by molar-refractivity contribution is 6.11. The number of nitrogens with two attached hydrogens (primary N) is 2. The number of aliphatic imine (C=N–C) groups is 1. The number of amidine groups is 1. The van der Waals surface area contributed by atoms with Gasteiger partial charge < -0.3 is 25.9 Å². The van der Waals surface area contributed by atoms with Gasteiger partial charge in [-0.25, -0.2) is 0 Å². The van der Waals surface area contributed by atoms with E-state index < -0.39 is 0 Å². The highest BCUT2D eigenvalue weighted by Gasteiger charge is 2.19. The minimum absolute atomic E-state index is 0.373. The Morgan fingerprint density at radius 3 is 2.24 bits per heavy atom. The summed E-state index contributed by atoms with van der Waals surface area (Å²) in [6, 6.07) is 5.46. The van der Waals surface area contributed by atoms with Crippen molar-refractivity contribution in [3.63, 3.8) is 0 Å². The van der Waals surface area contributed by atoms with Crippen LogP contribution < -0.4 is 25.9 Å². The maximum Gasteiger partial charge on any atom is 0.175 e. The fraction of sp³-hybridized carbons (Fsp3) is 0.286. The number of rotatable bonds is 5. The zero-order chi connectivity index (χ0) is 15.8. The molecule has 0 saturated heterocycles. The summed E-state index contributed by atoms with van der Waals surface area (Å²) in [6.07, 6.45) is 3.18. The third kappa shape index (κ3) is 3.65. The average Bonchev–Trinajstić information content (AvgIpc) is 2.52. The lowest BCUT2D eigenvalue weighted by molar-refractivity contribution is 0.396. The minimum atomic E-state index is 0.373. The number of hydrogen-bond donors (Lipinski definition) is 2. The summed E-state index contributed by atoms with van der Waals surface area (Å²) in [5.74, 6) is 7.08. The van der Waals surface area contributed by atoms with Crippen LogP contribution in [-0.2, 0) is 0 Å². The van der Waals surface area contributed by atoms with E-state index in [2.05, 4.69) is 10.1 Å². The van der Waals surface area contributed by atoms with Crippen LogP contribution in [0.4, 0.5) is 5.69 Å². The first-order valence-electron chi connectivity index (χ1n) is 6.21. The van der Waals surface area contributed by atoms with E-state index in [0.29, 0.717) is 28.7 Å². The predicted octanol–water partition coefficient (Wildman–Crippen LogP) is 0.955. The van der Waals surface area contributed by atoms with Crippen molar-refractivity contribution in [3.8, 4) is 11.5 Å². The van der Waals surface area contributed by atoms with E-state index in [1.54, 1.807) is 45.5 Å². The zero-order valence-corrected chi connectivity index (χ0v) is 12.7. The standard InChI is InChI=1S/C14H21N5O2/c1-17-9-8-10(15)14(18-16)19(2)13-11(20-3)6-5-7-12(13)21-4/h5-9H,15-16H2,1-4H3/b10-8?,17-9?,18-14-. The van der Waals surface area contributed by atoms with E-state index in [0.717, 1.165) is 0 Å². The quantitative estimate of drug-likeness (QED) is 0.364. The molecule has 0 bridgehead atoms. The zero-order valence-electron chi connectivity index (χ0n) is 12.7. The molecule has 0 atom stereocenters. The van der Waals surface area contributed by atoms with E-state index in [9.17, 15) is 0 Å². The van der Waals surface area contributed by atoms with Crippen LogP contribution in [0.25, 0.3) is 0 Å². The SMILES string of the molecule is CN=CC=C(N)/C(=N/N)N(C)c1c(OC)cccc1OC. The number of anilines is 1. The maximum absolute atomic E-state index is 5.97. The summed E-state index contributed by atoms with van der Waals surface area (Å²) < 4.78 is 10.7. The van der Waals surface area contributed by atoms with Gasteiger partial charge in [-0.15, -0.1) is 0 Å². The number of allylic oxidation sites excluding steroid dienone is 1. The van der Waals surface area contributed by atoms with E-state index in [1.165, 1.54) is 0 Å². The summed E-state index contributed by atoms with van der Waals surface area (Å²) in [6.45, 7) is 0. The molecule has 1 aromatic carbocycles. The topological polar surface area (TPSA) is 98.5 Å². The van der Waals surface area contributed by atoms with Crippen LogP contribution in [0.3, 0.4) is 0 Å². The van der Waals surface area contributed by atoms with Crippen LogP contribution in [-0.4, -0.2) is 40.4 Å². The van der Waals surface area contributed by atoms with Gasteiger partial charge in [-0.1, -0.05) is 6.07 Å². The number of likely N-dealkylation sites (N-methyl/N-ethyl adjacent to an activating group) is 1. The molecule has 0 heterocycles. The Hall–Kier alpha value is -2.70. The van der Waals surface area contributed by atoms with Crippen LogP contribution in [0.2, 0.25) is 0 Å².